The smallest absolute Gasteiger partial charge is 0.220 e. The minimum absolute atomic E-state index is 0.187. The van der Waals surface area contributed by atoms with Crippen LogP contribution in [0, 0.1) is 0 Å². The number of aliphatic hydroxyl groups is 5. The molecule has 1 saturated heterocycles. The van der Waals surface area contributed by atoms with Crippen LogP contribution in [0.3, 0.4) is 0 Å². The number of hydrogen-bond acceptors (Lipinski definition) is 8. The van der Waals surface area contributed by atoms with Gasteiger partial charge in [-0.2, -0.15) is 0 Å². The monoisotopic (exact) mass is 782 g/mol. The van der Waals surface area contributed by atoms with Gasteiger partial charge in [0, 0.05) is 6.42 Å². The molecule has 0 bridgehead atoms. The average Bonchev–Trinajstić information content (AvgIpc) is 3.18. The first kappa shape index (κ1) is 51.7. The zero-order chi connectivity index (χ0) is 40.2. The Balaban J connectivity index is 2.34. The van der Waals surface area contributed by atoms with E-state index in [0.717, 1.165) is 57.8 Å². The van der Waals surface area contributed by atoms with Crippen LogP contribution >= 0.6 is 0 Å². The van der Waals surface area contributed by atoms with Crippen molar-refractivity contribution in [2.75, 3.05) is 13.2 Å². The van der Waals surface area contributed by atoms with E-state index in [0.29, 0.717) is 6.42 Å². The van der Waals surface area contributed by atoms with E-state index in [2.05, 4.69) is 31.3 Å². The Morgan fingerprint density at radius 3 is 1.51 bits per heavy atom. The molecule has 1 rings (SSSR count). The van der Waals surface area contributed by atoms with E-state index >= 15 is 0 Å². The van der Waals surface area contributed by atoms with Gasteiger partial charge in [-0.05, 0) is 44.9 Å². The number of carbonyl (C=O) groups is 1. The quantitative estimate of drug-likeness (QED) is 0.0268. The van der Waals surface area contributed by atoms with Gasteiger partial charge in [0.05, 0.1) is 25.4 Å². The van der Waals surface area contributed by atoms with E-state index in [4.69, 9.17) is 9.47 Å². The summed E-state index contributed by atoms with van der Waals surface area (Å²) in [5.41, 5.74) is 0. The molecule has 0 aromatic carbocycles. The largest absolute Gasteiger partial charge is 0.394 e. The molecule has 324 valence electrons. The SMILES string of the molecule is CCCCC/C=C\CCCCCCCC(=O)NC(COC1OC(CO)C(O)C(O)C1O)C(O)/C=C/CCCCCCCCCCCCCCCCCCCC. The van der Waals surface area contributed by atoms with Crippen LogP contribution in [0.4, 0.5) is 0 Å². The molecule has 1 aliphatic heterocycles. The van der Waals surface area contributed by atoms with Gasteiger partial charge >= 0.3 is 0 Å². The number of amides is 1. The molecule has 6 N–H and O–H groups in total. The van der Waals surface area contributed by atoms with Crippen LogP contribution in [0.5, 0.6) is 0 Å². The van der Waals surface area contributed by atoms with E-state index in [-0.39, 0.29) is 12.5 Å². The third kappa shape index (κ3) is 27.9. The molecule has 1 fully saturated rings. The van der Waals surface area contributed by atoms with Crippen LogP contribution in [0.2, 0.25) is 0 Å². The van der Waals surface area contributed by atoms with Gasteiger partial charge in [-0.25, -0.2) is 0 Å². The van der Waals surface area contributed by atoms with Crippen LogP contribution in [-0.2, 0) is 14.3 Å². The molecular weight excluding hydrogens is 695 g/mol. The average molecular weight is 782 g/mol. The van der Waals surface area contributed by atoms with E-state index in [1.54, 1.807) is 6.08 Å². The lowest BCUT2D eigenvalue weighted by atomic mass is 9.99. The Morgan fingerprint density at radius 1 is 0.600 bits per heavy atom. The number of aliphatic hydroxyl groups excluding tert-OH is 5. The van der Waals surface area contributed by atoms with Gasteiger partial charge in [-0.1, -0.05) is 179 Å². The van der Waals surface area contributed by atoms with E-state index in [1.807, 2.05) is 6.08 Å². The van der Waals surface area contributed by atoms with Crippen molar-refractivity contribution in [1.82, 2.24) is 5.32 Å². The van der Waals surface area contributed by atoms with Gasteiger partial charge < -0.3 is 40.3 Å². The lowest BCUT2D eigenvalue weighted by molar-refractivity contribution is -0.302. The molecule has 0 aliphatic carbocycles. The Morgan fingerprint density at radius 2 is 1.02 bits per heavy atom. The molecule has 0 aromatic heterocycles. The van der Waals surface area contributed by atoms with Crippen LogP contribution in [-0.4, -0.2) is 87.5 Å². The minimum atomic E-state index is -1.56. The third-order valence-corrected chi connectivity index (χ3v) is 11.0. The number of ether oxygens (including phenoxy) is 2. The summed E-state index contributed by atoms with van der Waals surface area (Å²) in [7, 11) is 0. The summed E-state index contributed by atoms with van der Waals surface area (Å²) < 4.78 is 11.2. The molecule has 0 saturated carbocycles. The second kappa shape index (κ2) is 37.0. The Bertz CT molecular complexity index is 914. The van der Waals surface area contributed by atoms with Crippen molar-refractivity contribution in [2.45, 2.75) is 249 Å². The third-order valence-electron chi connectivity index (χ3n) is 11.0. The van der Waals surface area contributed by atoms with Crippen molar-refractivity contribution in [1.29, 1.82) is 0 Å². The van der Waals surface area contributed by atoms with Gasteiger partial charge in [0.2, 0.25) is 5.91 Å². The summed E-state index contributed by atoms with van der Waals surface area (Å²) >= 11 is 0. The van der Waals surface area contributed by atoms with Gasteiger partial charge in [-0.15, -0.1) is 0 Å². The molecule has 0 spiro atoms. The van der Waals surface area contributed by atoms with E-state index < -0.39 is 49.5 Å². The normalized spacial score (nSPS) is 21.5. The highest BCUT2D eigenvalue weighted by Crippen LogP contribution is 2.23. The first-order valence-corrected chi connectivity index (χ1v) is 23.1. The number of hydrogen-bond donors (Lipinski definition) is 6. The molecule has 7 unspecified atom stereocenters. The summed E-state index contributed by atoms with van der Waals surface area (Å²) in [6.07, 6.45) is 36.5. The number of rotatable bonds is 38. The summed E-state index contributed by atoms with van der Waals surface area (Å²) in [6, 6.07) is -0.805. The van der Waals surface area contributed by atoms with Crippen molar-refractivity contribution < 1.29 is 39.8 Å². The van der Waals surface area contributed by atoms with Crippen molar-refractivity contribution in [3.05, 3.63) is 24.3 Å². The molecule has 0 radical (unpaired) electrons. The Labute approximate surface area is 337 Å². The summed E-state index contributed by atoms with van der Waals surface area (Å²) in [5.74, 6) is -0.187. The standard InChI is InChI=1S/C46H87NO8/c1-3-5-7-9-11-13-15-17-18-19-20-21-22-23-24-25-27-29-31-33-35-40(49)39(38-54-46-45(53)44(52)43(51)41(37-48)55-46)47-42(50)36-34-32-30-28-26-16-14-12-10-8-6-4-2/h12,14,33,35,39-41,43-46,48-49,51-53H,3-11,13,15-32,34,36-38H2,1-2H3,(H,47,50)/b14-12-,35-33+. The topological polar surface area (TPSA) is 149 Å². The number of nitrogens with one attached hydrogen (secondary N) is 1. The maximum Gasteiger partial charge on any atom is 0.220 e. The van der Waals surface area contributed by atoms with Gasteiger partial charge in [0.1, 0.15) is 24.4 Å². The van der Waals surface area contributed by atoms with Crippen LogP contribution in [0.15, 0.2) is 24.3 Å². The summed E-state index contributed by atoms with van der Waals surface area (Å²) in [4.78, 5) is 12.9. The molecule has 0 aromatic rings. The molecular formula is C46H87NO8. The van der Waals surface area contributed by atoms with Crippen LogP contribution < -0.4 is 5.32 Å². The van der Waals surface area contributed by atoms with Crippen molar-refractivity contribution in [3.8, 4) is 0 Å². The fraction of sp³-hybridized carbons (Fsp3) is 0.891. The zero-order valence-electron chi connectivity index (χ0n) is 35.4. The number of unbranched alkanes of at least 4 members (excludes halogenated alkanes) is 26. The van der Waals surface area contributed by atoms with Gasteiger partial charge in [-0.3, -0.25) is 4.79 Å². The lowest BCUT2D eigenvalue weighted by Gasteiger charge is -2.40. The van der Waals surface area contributed by atoms with Crippen LogP contribution in [0.25, 0.3) is 0 Å². The maximum atomic E-state index is 12.9. The lowest BCUT2D eigenvalue weighted by Crippen LogP contribution is -2.60. The Kier molecular flexibility index (Phi) is 34.7. The fourth-order valence-corrected chi connectivity index (χ4v) is 7.27. The molecule has 9 nitrogen and oxygen atoms in total. The van der Waals surface area contributed by atoms with Gasteiger partial charge in [0.15, 0.2) is 6.29 Å². The first-order chi connectivity index (χ1) is 26.8. The number of carbonyl (C=O) groups excluding carboxylic acids is 1. The first-order valence-electron chi connectivity index (χ1n) is 23.1. The maximum absolute atomic E-state index is 12.9. The zero-order valence-corrected chi connectivity index (χ0v) is 35.4. The molecule has 7 atom stereocenters. The van der Waals surface area contributed by atoms with Crippen molar-refractivity contribution in [2.24, 2.45) is 0 Å². The molecule has 1 heterocycles. The van der Waals surface area contributed by atoms with E-state index in [1.165, 1.54) is 128 Å². The highest BCUT2D eigenvalue weighted by atomic mass is 16.7. The predicted molar refractivity (Wildman–Crippen MR) is 226 cm³/mol. The molecule has 1 aliphatic rings. The second-order valence-corrected chi connectivity index (χ2v) is 16.2. The summed E-state index contributed by atoms with van der Waals surface area (Å²) in [6.45, 7) is 3.74. The highest BCUT2D eigenvalue weighted by molar-refractivity contribution is 5.76. The number of allylic oxidation sites excluding steroid dienone is 3. The summed E-state index contributed by atoms with van der Waals surface area (Å²) in [5, 5.41) is 54.1. The molecule has 1 amide bonds. The predicted octanol–water partition coefficient (Wildman–Crippen LogP) is 9.50. The fourth-order valence-electron chi connectivity index (χ4n) is 7.27. The Hall–Kier alpha value is -1.33. The second-order valence-electron chi connectivity index (χ2n) is 16.2. The van der Waals surface area contributed by atoms with Crippen molar-refractivity contribution in [3.63, 3.8) is 0 Å². The van der Waals surface area contributed by atoms with E-state index in [9.17, 15) is 30.3 Å². The molecule has 9 heteroatoms. The highest BCUT2D eigenvalue weighted by Gasteiger charge is 2.44. The molecule has 55 heavy (non-hydrogen) atoms. The van der Waals surface area contributed by atoms with Crippen molar-refractivity contribution >= 4 is 5.91 Å². The van der Waals surface area contributed by atoms with Crippen LogP contribution in [0.1, 0.15) is 206 Å². The van der Waals surface area contributed by atoms with Gasteiger partial charge in [0.25, 0.3) is 0 Å². The minimum Gasteiger partial charge on any atom is -0.394 e.